The Bertz CT molecular complexity index is 738. The van der Waals surface area contributed by atoms with Crippen molar-refractivity contribution in [1.82, 2.24) is 4.98 Å². The highest BCUT2D eigenvalue weighted by molar-refractivity contribution is 7.73. The van der Waals surface area contributed by atoms with Gasteiger partial charge in [-0.25, -0.2) is 0 Å². The molecule has 3 nitrogen and oxygen atoms in total. The Kier molecular flexibility index (Phi) is 2.65. The summed E-state index contributed by atoms with van der Waals surface area (Å²) in [4.78, 5) is 7.80. The van der Waals surface area contributed by atoms with Gasteiger partial charge in [-0.3, -0.25) is 4.99 Å². The Balaban J connectivity index is 2.11. The highest BCUT2D eigenvalue weighted by atomic mass is 32.1. The number of aryl methyl sites for hydroxylation is 1. The van der Waals surface area contributed by atoms with Crippen LogP contribution in [0.3, 0.4) is 0 Å². The quantitative estimate of drug-likeness (QED) is 0.770. The molecule has 2 aromatic rings. The number of hydrogen-bond donors (Lipinski definition) is 2. The predicted molar refractivity (Wildman–Crippen MR) is 78.4 cm³/mol. The molecule has 1 aliphatic heterocycles. The molecule has 0 unspecified atom stereocenters. The van der Waals surface area contributed by atoms with Gasteiger partial charge in [-0.2, -0.15) is 0 Å². The minimum atomic E-state index is 0.118. The molecule has 0 fully saturated rings. The van der Waals surface area contributed by atoms with Crippen molar-refractivity contribution in [2.75, 3.05) is 0 Å². The molecule has 2 heterocycles. The topological polar surface area (TPSA) is 48.4 Å². The first-order chi connectivity index (χ1) is 8.63. The van der Waals surface area contributed by atoms with Gasteiger partial charge in [0.25, 0.3) is 0 Å². The summed E-state index contributed by atoms with van der Waals surface area (Å²) in [6, 6.07) is 6.13. The molecule has 0 aliphatic carbocycles. The van der Waals surface area contributed by atoms with E-state index in [-0.39, 0.29) is 5.88 Å². The molecule has 1 aromatic carbocycles. The van der Waals surface area contributed by atoms with Crippen molar-refractivity contribution < 1.29 is 5.11 Å². The lowest BCUT2D eigenvalue weighted by atomic mass is 10.0. The smallest absolute Gasteiger partial charge is 0.207 e. The molecule has 0 saturated heterocycles. The summed E-state index contributed by atoms with van der Waals surface area (Å²) in [6.45, 7) is 2.05. The summed E-state index contributed by atoms with van der Waals surface area (Å²) in [5, 5.41) is 9.69. The fraction of sp³-hybridized carbons (Fsp3) is 0.0769. The van der Waals surface area contributed by atoms with Crippen LogP contribution in [0.4, 0.5) is 5.69 Å². The number of aromatic nitrogens is 1. The van der Waals surface area contributed by atoms with Gasteiger partial charge in [0, 0.05) is 17.4 Å². The van der Waals surface area contributed by atoms with Crippen molar-refractivity contribution in [2.24, 2.45) is 4.99 Å². The van der Waals surface area contributed by atoms with E-state index in [0.29, 0.717) is 3.95 Å². The zero-order chi connectivity index (χ0) is 12.7. The molecule has 5 heteroatoms. The van der Waals surface area contributed by atoms with Crippen LogP contribution in [0.25, 0.3) is 11.6 Å². The number of rotatable bonds is 1. The third-order valence-electron chi connectivity index (χ3n) is 2.75. The summed E-state index contributed by atoms with van der Waals surface area (Å²) in [7, 11) is 0. The van der Waals surface area contributed by atoms with E-state index in [4.69, 9.17) is 12.2 Å². The second-order valence-corrected chi connectivity index (χ2v) is 5.82. The number of fused-ring (bicyclic) bond motifs is 1. The number of H-pyrrole nitrogens is 1. The summed E-state index contributed by atoms with van der Waals surface area (Å²) >= 11 is 6.35. The lowest BCUT2D eigenvalue weighted by Crippen LogP contribution is -1.81. The van der Waals surface area contributed by atoms with Crippen LogP contribution < -0.4 is 0 Å². The Morgan fingerprint density at radius 3 is 3.00 bits per heavy atom. The number of aromatic amines is 1. The number of benzene rings is 1. The van der Waals surface area contributed by atoms with Crippen molar-refractivity contribution in [3.8, 4) is 5.88 Å². The van der Waals surface area contributed by atoms with Crippen molar-refractivity contribution in [1.29, 1.82) is 0 Å². The summed E-state index contributed by atoms with van der Waals surface area (Å²) < 4.78 is 0.568. The van der Waals surface area contributed by atoms with E-state index >= 15 is 0 Å². The lowest BCUT2D eigenvalue weighted by Gasteiger charge is -2.00. The average molecular weight is 274 g/mol. The molecule has 0 bridgehead atoms. The van der Waals surface area contributed by atoms with Gasteiger partial charge in [0.2, 0.25) is 5.88 Å². The van der Waals surface area contributed by atoms with Gasteiger partial charge in [0.1, 0.15) is 0 Å². The van der Waals surface area contributed by atoms with Gasteiger partial charge >= 0.3 is 0 Å². The van der Waals surface area contributed by atoms with Gasteiger partial charge < -0.3 is 10.1 Å². The van der Waals surface area contributed by atoms with Gasteiger partial charge in [0.15, 0.2) is 3.95 Å². The van der Waals surface area contributed by atoms with Crippen molar-refractivity contribution in [3.63, 3.8) is 0 Å². The number of allylic oxidation sites excluding steroid dienone is 1. The molecular formula is C13H10N2OS2. The second kappa shape index (κ2) is 4.19. The molecule has 2 N–H and O–H groups in total. The molecular weight excluding hydrogens is 264 g/mol. The largest absolute Gasteiger partial charge is 0.494 e. The van der Waals surface area contributed by atoms with Crippen molar-refractivity contribution >= 4 is 47.1 Å². The monoisotopic (exact) mass is 274 g/mol. The summed E-state index contributed by atoms with van der Waals surface area (Å²) in [5.74, 6) is 0.118. The van der Waals surface area contributed by atoms with Crippen molar-refractivity contribution in [2.45, 2.75) is 6.92 Å². The van der Waals surface area contributed by atoms with E-state index in [9.17, 15) is 5.11 Å². The van der Waals surface area contributed by atoms with Crippen LogP contribution in [0.15, 0.2) is 23.2 Å². The van der Waals surface area contributed by atoms with E-state index in [2.05, 4.69) is 16.0 Å². The minimum Gasteiger partial charge on any atom is -0.494 e. The maximum absolute atomic E-state index is 9.69. The maximum Gasteiger partial charge on any atom is 0.207 e. The number of aromatic hydroxyl groups is 1. The Morgan fingerprint density at radius 2 is 2.28 bits per heavy atom. The highest BCUT2D eigenvalue weighted by Crippen LogP contribution is 2.35. The third kappa shape index (κ3) is 1.91. The van der Waals surface area contributed by atoms with Crippen LogP contribution in [0.2, 0.25) is 0 Å². The molecule has 0 saturated carbocycles. The van der Waals surface area contributed by atoms with Crippen LogP contribution >= 0.6 is 23.6 Å². The standard InChI is InChI=1S/C13H10N2OS2/c1-7-2-3-10-9(4-7)8(6-14-10)5-11-12(16)15-13(17)18-11/h2-6,16H,1H3,(H,15,17)/b8-5+. The summed E-state index contributed by atoms with van der Waals surface area (Å²) in [5.41, 5.74) is 4.24. The van der Waals surface area contributed by atoms with Crippen molar-refractivity contribution in [3.05, 3.63) is 38.2 Å². The van der Waals surface area contributed by atoms with E-state index in [1.165, 1.54) is 16.9 Å². The second-order valence-electron chi connectivity index (χ2n) is 4.11. The first kappa shape index (κ1) is 11.4. The lowest BCUT2D eigenvalue weighted by molar-refractivity contribution is 0.456. The van der Waals surface area contributed by atoms with Crippen LogP contribution in [0.1, 0.15) is 16.0 Å². The molecule has 3 rings (SSSR count). The molecule has 0 radical (unpaired) electrons. The predicted octanol–water partition coefficient (Wildman–Crippen LogP) is 4.08. The average Bonchev–Trinajstić information content (AvgIpc) is 2.84. The normalized spacial score (nSPS) is 15.3. The van der Waals surface area contributed by atoms with Gasteiger partial charge in [-0.1, -0.05) is 11.6 Å². The summed E-state index contributed by atoms with van der Waals surface area (Å²) in [6.07, 6.45) is 3.72. The number of aliphatic imine (C=N–C) groups is 1. The molecule has 0 amide bonds. The van der Waals surface area contributed by atoms with E-state index in [0.717, 1.165) is 21.7 Å². The van der Waals surface area contributed by atoms with Gasteiger partial charge in [0.05, 0.1) is 10.6 Å². The molecule has 0 atom stereocenters. The molecule has 1 aliphatic rings. The van der Waals surface area contributed by atoms with Crippen LogP contribution in [-0.2, 0) is 0 Å². The minimum absolute atomic E-state index is 0.118. The fourth-order valence-electron chi connectivity index (χ4n) is 1.89. The zero-order valence-corrected chi connectivity index (χ0v) is 11.2. The molecule has 0 spiro atoms. The van der Waals surface area contributed by atoms with E-state index in [1.807, 2.05) is 31.3 Å². The Labute approximate surface area is 113 Å². The zero-order valence-electron chi connectivity index (χ0n) is 9.60. The molecule has 90 valence electrons. The number of nitrogens with zero attached hydrogens (tertiary/aromatic N) is 1. The van der Waals surface area contributed by atoms with E-state index < -0.39 is 0 Å². The van der Waals surface area contributed by atoms with Gasteiger partial charge in [-0.15, -0.1) is 11.3 Å². The first-order valence-electron chi connectivity index (χ1n) is 5.42. The molecule has 1 aromatic heterocycles. The molecule has 18 heavy (non-hydrogen) atoms. The first-order valence-corrected chi connectivity index (χ1v) is 6.65. The third-order valence-corrected chi connectivity index (χ3v) is 3.92. The van der Waals surface area contributed by atoms with Crippen LogP contribution in [0, 0.1) is 10.9 Å². The van der Waals surface area contributed by atoms with Crippen LogP contribution in [-0.4, -0.2) is 16.3 Å². The number of thiazole rings is 1. The van der Waals surface area contributed by atoms with Gasteiger partial charge in [-0.05, 0) is 37.4 Å². The number of hydrogen-bond acceptors (Lipinski definition) is 4. The Hall–Kier alpha value is -1.72. The van der Waals surface area contributed by atoms with E-state index in [1.54, 1.807) is 0 Å². The van der Waals surface area contributed by atoms with Crippen LogP contribution in [0.5, 0.6) is 5.88 Å². The number of nitrogens with one attached hydrogen (secondary N) is 1. The fourth-order valence-corrected chi connectivity index (χ4v) is 2.94. The SMILES string of the molecule is Cc1ccc2c(c1)/C(=C/c1sc(=S)[nH]c1O)C=N2. The maximum atomic E-state index is 9.69. The Morgan fingerprint density at radius 1 is 1.44 bits per heavy atom. The highest BCUT2D eigenvalue weighted by Gasteiger charge is 2.13.